The number of carbonyl (C=O) groups excluding carboxylic acids is 1. The van der Waals surface area contributed by atoms with Crippen molar-refractivity contribution in [1.29, 1.82) is 0 Å². The molecule has 1 heterocycles. The van der Waals surface area contributed by atoms with Gasteiger partial charge in [-0.1, -0.05) is 25.6 Å². The lowest BCUT2D eigenvalue weighted by Crippen LogP contribution is -2.32. The third kappa shape index (κ3) is 4.38. The number of hydrogen-bond acceptors (Lipinski definition) is 4. The second-order valence-corrected chi connectivity index (χ2v) is 5.64. The lowest BCUT2D eigenvalue weighted by atomic mass is 10.3. The van der Waals surface area contributed by atoms with E-state index in [-0.39, 0.29) is 16.7 Å². The maximum Gasteiger partial charge on any atom is 0.254 e. The van der Waals surface area contributed by atoms with Gasteiger partial charge in [0.1, 0.15) is 0 Å². The Balaban J connectivity index is 2.84. The molecule has 1 unspecified atom stereocenters. The molecule has 1 atom stereocenters. The molecule has 1 rings (SSSR count). The second kappa shape index (κ2) is 7.33. The summed E-state index contributed by atoms with van der Waals surface area (Å²) in [5.74, 6) is -0.0250. The lowest BCUT2D eigenvalue weighted by molar-refractivity contribution is -0.120. The fourth-order valence-electron chi connectivity index (χ4n) is 1.45. The van der Waals surface area contributed by atoms with Gasteiger partial charge < -0.3 is 5.32 Å². The number of hydrogen-bond donors (Lipinski definition) is 1. The van der Waals surface area contributed by atoms with E-state index < -0.39 is 0 Å². The van der Waals surface area contributed by atoms with Crippen molar-refractivity contribution in [3.63, 3.8) is 0 Å². The van der Waals surface area contributed by atoms with E-state index in [1.54, 1.807) is 7.05 Å². The van der Waals surface area contributed by atoms with Crippen LogP contribution in [0.2, 0.25) is 0 Å². The van der Waals surface area contributed by atoms with Gasteiger partial charge >= 0.3 is 0 Å². The molecular formula is C13H21N3O2S. The molecule has 0 aliphatic carbocycles. The third-order valence-corrected chi connectivity index (χ3v) is 3.85. The van der Waals surface area contributed by atoms with Gasteiger partial charge in [-0.25, -0.2) is 4.98 Å². The SMILES string of the molecule is CCCNC(=O)C(C)Sc1nc(CC)cc(=O)n1C. The molecule has 0 saturated heterocycles. The normalized spacial score (nSPS) is 12.2. The van der Waals surface area contributed by atoms with Crippen LogP contribution in [0.15, 0.2) is 16.0 Å². The predicted molar refractivity (Wildman–Crippen MR) is 77.5 cm³/mol. The summed E-state index contributed by atoms with van der Waals surface area (Å²) in [7, 11) is 1.67. The Morgan fingerprint density at radius 1 is 1.53 bits per heavy atom. The molecule has 0 radical (unpaired) electrons. The van der Waals surface area contributed by atoms with Crippen molar-refractivity contribution >= 4 is 17.7 Å². The van der Waals surface area contributed by atoms with E-state index in [1.807, 2.05) is 20.8 Å². The number of amides is 1. The summed E-state index contributed by atoms with van der Waals surface area (Å²) in [4.78, 5) is 28.0. The van der Waals surface area contributed by atoms with Gasteiger partial charge in [-0.05, 0) is 19.8 Å². The molecule has 1 aromatic heterocycles. The smallest absolute Gasteiger partial charge is 0.254 e. The summed E-state index contributed by atoms with van der Waals surface area (Å²) in [5, 5.41) is 3.16. The summed E-state index contributed by atoms with van der Waals surface area (Å²) in [6, 6.07) is 1.53. The van der Waals surface area contributed by atoms with E-state index in [2.05, 4.69) is 10.3 Å². The van der Waals surface area contributed by atoms with Crippen LogP contribution >= 0.6 is 11.8 Å². The summed E-state index contributed by atoms with van der Waals surface area (Å²) in [5.41, 5.74) is 0.669. The number of thioether (sulfide) groups is 1. The van der Waals surface area contributed by atoms with E-state index >= 15 is 0 Å². The van der Waals surface area contributed by atoms with Crippen LogP contribution in [0.3, 0.4) is 0 Å². The van der Waals surface area contributed by atoms with Gasteiger partial charge in [0.15, 0.2) is 5.16 Å². The van der Waals surface area contributed by atoms with Gasteiger partial charge in [0.05, 0.1) is 5.25 Å². The number of carbonyl (C=O) groups is 1. The van der Waals surface area contributed by atoms with Gasteiger partial charge in [-0.3, -0.25) is 14.2 Å². The topological polar surface area (TPSA) is 64.0 Å². The van der Waals surface area contributed by atoms with Crippen LogP contribution < -0.4 is 10.9 Å². The average Bonchev–Trinajstić information content (AvgIpc) is 2.40. The minimum atomic E-state index is -0.267. The third-order valence-electron chi connectivity index (χ3n) is 2.71. The number of rotatable bonds is 6. The Hall–Kier alpha value is -1.30. The zero-order valence-electron chi connectivity index (χ0n) is 11.9. The number of aryl methyl sites for hydroxylation is 1. The minimum Gasteiger partial charge on any atom is -0.355 e. The first-order chi connectivity index (χ1) is 8.99. The zero-order chi connectivity index (χ0) is 14.4. The first kappa shape index (κ1) is 15.8. The first-order valence-corrected chi connectivity index (χ1v) is 7.38. The first-order valence-electron chi connectivity index (χ1n) is 6.50. The van der Waals surface area contributed by atoms with E-state index in [9.17, 15) is 9.59 Å². The highest BCUT2D eigenvalue weighted by molar-refractivity contribution is 8.00. The van der Waals surface area contributed by atoms with Crippen LogP contribution in [0.25, 0.3) is 0 Å². The highest BCUT2D eigenvalue weighted by Gasteiger charge is 2.16. The van der Waals surface area contributed by atoms with Gasteiger partial charge in [0.2, 0.25) is 5.91 Å². The molecule has 0 aromatic carbocycles. The summed E-state index contributed by atoms with van der Waals surface area (Å²) < 4.78 is 1.48. The molecule has 0 aliphatic heterocycles. The Morgan fingerprint density at radius 2 is 2.21 bits per heavy atom. The Bertz CT molecular complexity index is 499. The van der Waals surface area contributed by atoms with Gasteiger partial charge in [0.25, 0.3) is 5.56 Å². The van der Waals surface area contributed by atoms with Crippen molar-refractivity contribution < 1.29 is 4.79 Å². The average molecular weight is 283 g/mol. The molecule has 0 bridgehead atoms. The minimum absolute atomic E-state index is 0.0250. The van der Waals surface area contributed by atoms with E-state index in [4.69, 9.17) is 0 Å². The maximum atomic E-state index is 11.8. The molecule has 6 heteroatoms. The van der Waals surface area contributed by atoms with Crippen molar-refractivity contribution in [3.8, 4) is 0 Å². The van der Waals surface area contributed by atoms with Crippen molar-refractivity contribution in [1.82, 2.24) is 14.9 Å². The lowest BCUT2D eigenvalue weighted by Gasteiger charge is -2.13. The zero-order valence-corrected chi connectivity index (χ0v) is 12.7. The fourth-order valence-corrected chi connectivity index (χ4v) is 2.38. The Morgan fingerprint density at radius 3 is 2.79 bits per heavy atom. The van der Waals surface area contributed by atoms with Crippen molar-refractivity contribution in [2.75, 3.05) is 6.54 Å². The summed E-state index contributed by atoms with van der Waals surface area (Å²) in [6.07, 6.45) is 1.62. The van der Waals surface area contributed by atoms with Crippen LogP contribution in [0.5, 0.6) is 0 Å². The highest BCUT2D eigenvalue weighted by Crippen LogP contribution is 2.20. The van der Waals surface area contributed by atoms with Gasteiger partial charge in [-0.15, -0.1) is 0 Å². The van der Waals surface area contributed by atoms with Crippen LogP contribution in [0.4, 0.5) is 0 Å². The monoisotopic (exact) mass is 283 g/mol. The Kier molecular flexibility index (Phi) is 6.08. The molecule has 0 spiro atoms. The molecule has 0 fully saturated rings. The summed E-state index contributed by atoms with van der Waals surface area (Å²) >= 11 is 1.31. The highest BCUT2D eigenvalue weighted by atomic mass is 32.2. The van der Waals surface area contributed by atoms with Crippen molar-refractivity contribution in [3.05, 3.63) is 22.1 Å². The summed E-state index contributed by atoms with van der Waals surface area (Å²) in [6.45, 7) is 6.45. The van der Waals surface area contributed by atoms with Crippen LogP contribution in [-0.2, 0) is 18.3 Å². The predicted octanol–water partition coefficient (Wildman–Crippen LogP) is 1.35. The maximum absolute atomic E-state index is 11.8. The second-order valence-electron chi connectivity index (χ2n) is 4.33. The molecular weight excluding hydrogens is 262 g/mol. The standard InChI is InChI=1S/C13H21N3O2S/c1-5-7-14-12(18)9(3)19-13-15-10(6-2)8-11(17)16(13)4/h8-9H,5-7H2,1-4H3,(H,14,18). The number of nitrogens with one attached hydrogen (secondary N) is 1. The van der Waals surface area contributed by atoms with E-state index in [0.717, 1.165) is 12.1 Å². The quantitative estimate of drug-likeness (QED) is 0.632. The van der Waals surface area contributed by atoms with Crippen LogP contribution in [0.1, 0.15) is 32.9 Å². The molecule has 0 aliphatic rings. The largest absolute Gasteiger partial charge is 0.355 e. The molecule has 1 N–H and O–H groups in total. The van der Waals surface area contributed by atoms with Gasteiger partial charge in [-0.2, -0.15) is 0 Å². The van der Waals surface area contributed by atoms with E-state index in [1.165, 1.54) is 22.4 Å². The molecule has 106 valence electrons. The molecule has 1 amide bonds. The number of nitrogens with zero attached hydrogens (tertiary/aromatic N) is 2. The van der Waals surface area contributed by atoms with Crippen molar-refractivity contribution in [2.24, 2.45) is 7.05 Å². The van der Waals surface area contributed by atoms with Gasteiger partial charge in [0, 0.05) is 25.4 Å². The fraction of sp³-hybridized carbons (Fsp3) is 0.615. The molecule has 0 saturated carbocycles. The molecule has 5 nitrogen and oxygen atoms in total. The molecule has 19 heavy (non-hydrogen) atoms. The number of aromatic nitrogens is 2. The Labute approximate surface area is 117 Å². The molecule has 1 aromatic rings. The van der Waals surface area contributed by atoms with Crippen LogP contribution in [0, 0.1) is 0 Å². The van der Waals surface area contributed by atoms with E-state index in [0.29, 0.717) is 18.1 Å². The van der Waals surface area contributed by atoms with Crippen molar-refractivity contribution in [2.45, 2.75) is 44.0 Å². The van der Waals surface area contributed by atoms with Crippen LogP contribution in [-0.4, -0.2) is 27.3 Å².